The Kier molecular flexibility index (Phi) is 4.07. The summed E-state index contributed by atoms with van der Waals surface area (Å²) in [6.07, 6.45) is -0.201. The molecule has 0 radical (unpaired) electrons. The highest BCUT2D eigenvalue weighted by Gasteiger charge is 2.31. The van der Waals surface area contributed by atoms with E-state index in [1.165, 1.54) is 6.20 Å². The lowest BCUT2D eigenvalue weighted by Crippen LogP contribution is -2.25. The van der Waals surface area contributed by atoms with Gasteiger partial charge in [-0.1, -0.05) is 12.1 Å². The minimum atomic E-state index is -4.26. The minimum absolute atomic E-state index is 0.0589. The number of hydrogen-bond acceptors (Lipinski definition) is 4. The van der Waals surface area contributed by atoms with Crippen LogP contribution in [0.1, 0.15) is 35.7 Å². The van der Waals surface area contributed by atoms with Crippen molar-refractivity contribution in [1.82, 2.24) is 15.1 Å². The van der Waals surface area contributed by atoms with Gasteiger partial charge in [-0.3, -0.25) is 4.68 Å². The van der Waals surface area contributed by atoms with Gasteiger partial charge in [0.2, 0.25) is 6.79 Å². The SMILES string of the molecule is FC(F)(F)Cn1cc2c(n1)[C@H](NCc1cccc3c1OCO3)CCC2. The number of hydrogen-bond donors (Lipinski definition) is 1. The first-order valence-corrected chi connectivity index (χ1v) is 8.23. The van der Waals surface area contributed by atoms with Crippen molar-refractivity contribution in [3.8, 4) is 11.5 Å². The van der Waals surface area contributed by atoms with Gasteiger partial charge in [0.15, 0.2) is 11.5 Å². The fraction of sp³-hybridized carbons (Fsp3) is 0.471. The summed E-state index contributed by atoms with van der Waals surface area (Å²) in [5, 5.41) is 7.59. The fourth-order valence-corrected chi connectivity index (χ4v) is 3.42. The summed E-state index contributed by atoms with van der Waals surface area (Å²) >= 11 is 0. The van der Waals surface area contributed by atoms with Gasteiger partial charge in [-0.25, -0.2) is 0 Å². The molecule has 0 amide bonds. The van der Waals surface area contributed by atoms with Crippen molar-refractivity contribution >= 4 is 0 Å². The van der Waals surface area contributed by atoms with E-state index in [1.54, 1.807) is 0 Å². The van der Waals surface area contributed by atoms with Crippen molar-refractivity contribution in [3.05, 3.63) is 41.2 Å². The monoisotopic (exact) mass is 353 g/mol. The molecule has 2 heterocycles. The third-order valence-corrected chi connectivity index (χ3v) is 4.50. The topological polar surface area (TPSA) is 48.3 Å². The van der Waals surface area contributed by atoms with E-state index in [1.807, 2.05) is 18.2 Å². The average molecular weight is 353 g/mol. The normalized spacial score (nSPS) is 19.1. The van der Waals surface area contributed by atoms with Crippen LogP contribution in [0, 0.1) is 0 Å². The Morgan fingerprint density at radius 1 is 1.28 bits per heavy atom. The number of nitrogens with zero attached hydrogens (tertiary/aromatic N) is 2. The number of alkyl halides is 3. The molecular weight excluding hydrogens is 335 g/mol. The van der Waals surface area contributed by atoms with Gasteiger partial charge in [-0.05, 0) is 30.9 Å². The van der Waals surface area contributed by atoms with E-state index in [0.717, 1.165) is 52.3 Å². The lowest BCUT2D eigenvalue weighted by Gasteiger charge is -2.22. The van der Waals surface area contributed by atoms with Crippen LogP contribution in [-0.2, 0) is 19.5 Å². The number of nitrogens with one attached hydrogen (secondary N) is 1. The van der Waals surface area contributed by atoms with Crippen molar-refractivity contribution in [2.24, 2.45) is 0 Å². The Morgan fingerprint density at radius 3 is 3.00 bits per heavy atom. The highest BCUT2D eigenvalue weighted by atomic mass is 19.4. The summed E-state index contributed by atoms with van der Waals surface area (Å²) in [5.41, 5.74) is 2.59. The van der Waals surface area contributed by atoms with Gasteiger partial charge in [-0.2, -0.15) is 18.3 Å². The van der Waals surface area contributed by atoms with E-state index in [4.69, 9.17) is 9.47 Å². The zero-order valence-electron chi connectivity index (χ0n) is 13.5. The number of ether oxygens (including phenoxy) is 2. The maximum atomic E-state index is 12.6. The molecule has 1 aliphatic heterocycles. The van der Waals surface area contributed by atoms with Gasteiger partial charge in [-0.15, -0.1) is 0 Å². The van der Waals surface area contributed by atoms with Crippen LogP contribution in [0.4, 0.5) is 13.2 Å². The smallest absolute Gasteiger partial charge is 0.408 e. The molecular formula is C17H18F3N3O2. The molecule has 0 fully saturated rings. The van der Waals surface area contributed by atoms with E-state index in [9.17, 15) is 13.2 Å². The van der Waals surface area contributed by atoms with Crippen molar-refractivity contribution in [3.63, 3.8) is 0 Å². The Morgan fingerprint density at radius 2 is 2.16 bits per heavy atom. The van der Waals surface area contributed by atoms with Gasteiger partial charge < -0.3 is 14.8 Å². The zero-order valence-corrected chi connectivity index (χ0v) is 13.5. The number of aromatic nitrogens is 2. The van der Waals surface area contributed by atoms with Crippen LogP contribution in [0.25, 0.3) is 0 Å². The number of halogens is 3. The van der Waals surface area contributed by atoms with Crippen LogP contribution in [0.15, 0.2) is 24.4 Å². The molecule has 1 atom stereocenters. The molecule has 1 aromatic heterocycles. The summed E-state index contributed by atoms with van der Waals surface area (Å²) in [6, 6.07) is 5.64. The van der Waals surface area contributed by atoms with Gasteiger partial charge in [0.25, 0.3) is 0 Å². The van der Waals surface area contributed by atoms with Gasteiger partial charge in [0.05, 0.1) is 11.7 Å². The van der Waals surface area contributed by atoms with Crippen LogP contribution >= 0.6 is 0 Å². The molecule has 0 saturated carbocycles. The molecule has 134 valence electrons. The van der Waals surface area contributed by atoms with Crippen LogP contribution in [0.5, 0.6) is 11.5 Å². The first-order chi connectivity index (χ1) is 12.0. The molecule has 2 aromatic rings. The molecule has 25 heavy (non-hydrogen) atoms. The van der Waals surface area contributed by atoms with Crippen LogP contribution in [-0.4, -0.2) is 22.7 Å². The number of para-hydroxylation sites is 1. The van der Waals surface area contributed by atoms with Crippen molar-refractivity contribution < 1.29 is 22.6 Å². The lowest BCUT2D eigenvalue weighted by atomic mass is 9.93. The molecule has 4 rings (SSSR count). The Hall–Kier alpha value is -2.22. The highest BCUT2D eigenvalue weighted by molar-refractivity contribution is 5.48. The van der Waals surface area contributed by atoms with E-state index in [0.29, 0.717) is 6.54 Å². The van der Waals surface area contributed by atoms with E-state index in [2.05, 4.69) is 10.4 Å². The first kappa shape index (κ1) is 16.3. The molecule has 0 bridgehead atoms. The number of aryl methyl sites for hydroxylation is 1. The Bertz CT molecular complexity index is 773. The second-order valence-corrected chi connectivity index (χ2v) is 6.33. The second kappa shape index (κ2) is 6.25. The molecule has 2 aliphatic rings. The van der Waals surface area contributed by atoms with E-state index in [-0.39, 0.29) is 12.8 Å². The van der Waals surface area contributed by atoms with Gasteiger partial charge in [0.1, 0.15) is 6.54 Å². The van der Waals surface area contributed by atoms with Crippen LogP contribution < -0.4 is 14.8 Å². The van der Waals surface area contributed by atoms with Crippen molar-refractivity contribution in [1.29, 1.82) is 0 Å². The maximum absolute atomic E-state index is 12.6. The summed E-state index contributed by atoms with van der Waals surface area (Å²) in [4.78, 5) is 0. The van der Waals surface area contributed by atoms with Crippen LogP contribution in [0.3, 0.4) is 0 Å². The molecule has 0 spiro atoms. The first-order valence-electron chi connectivity index (χ1n) is 8.23. The number of fused-ring (bicyclic) bond motifs is 2. The molecule has 8 heteroatoms. The van der Waals surface area contributed by atoms with Gasteiger partial charge in [0, 0.05) is 18.3 Å². The van der Waals surface area contributed by atoms with Crippen molar-refractivity contribution in [2.45, 2.75) is 44.6 Å². The molecule has 5 nitrogen and oxygen atoms in total. The Labute approximate surface area is 142 Å². The number of rotatable bonds is 4. The standard InChI is InChI=1S/C17H18F3N3O2/c18-17(19,20)9-23-8-12-4-1-5-13(15(12)22-23)21-7-11-3-2-6-14-16(11)25-10-24-14/h2-3,6,8,13,21H,1,4-5,7,9-10H2/t13-/m1/s1. The maximum Gasteiger partial charge on any atom is 0.408 e. The van der Waals surface area contributed by atoms with E-state index >= 15 is 0 Å². The Balaban J connectivity index is 1.49. The highest BCUT2D eigenvalue weighted by Crippen LogP contribution is 2.36. The molecule has 0 saturated heterocycles. The molecule has 1 N–H and O–H groups in total. The summed E-state index contributed by atoms with van der Waals surface area (Å²) in [5.74, 6) is 1.45. The molecule has 0 unspecified atom stereocenters. The summed E-state index contributed by atoms with van der Waals surface area (Å²) < 4.78 is 49.6. The van der Waals surface area contributed by atoms with E-state index < -0.39 is 12.7 Å². The third kappa shape index (κ3) is 3.44. The number of benzene rings is 1. The largest absolute Gasteiger partial charge is 0.454 e. The summed E-state index contributed by atoms with van der Waals surface area (Å²) in [7, 11) is 0. The third-order valence-electron chi connectivity index (χ3n) is 4.50. The summed E-state index contributed by atoms with van der Waals surface area (Å²) in [6.45, 7) is -0.297. The predicted octanol–water partition coefficient (Wildman–Crippen LogP) is 3.34. The zero-order chi connectivity index (χ0) is 17.4. The molecule has 1 aliphatic carbocycles. The van der Waals surface area contributed by atoms with Crippen molar-refractivity contribution in [2.75, 3.05) is 6.79 Å². The predicted molar refractivity (Wildman–Crippen MR) is 83.4 cm³/mol. The van der Waals surface area contributed by atoms with Gasteiger partial charge >= 0.3 is 6.18 Å². The quantitative estimate of drug-likeness (QED) is 0.916. The lowest BCUT2D eigenvalue weighted by molar-refractivity contribution is -0.142. The fourth-order valence-electron chi connectivity index (χ4n) is 3.42. The molecule has 1 aromatic carbocycles. The average Bonchev–Trinajstić information content (AvgIpc) is 3.17. The minimum Gasteiger partial charge on any atom is -0.454 e. The second-order valence-electron chi connectivity index (χ2n) is 6.33. The van der Waals surface area contributed by atoms with Crippen LogP contribution in [0.2, 0.25) is 0 Å².